The summed E-state index contributed by atoms with van der Waals surface area (Å²) in [7, 11) is 0. The van der Waals surface area contributed by atoms with E-state index in [1.165, 1.54) is 44.2 Å². The average molecular weight is 867 g/mol. The van der Waals surface area contributed by atoms with E-state index >= 15 is 0 Å². The molecule has 0 fully saturated rings. The van der Waals surface area contributed by atoms with Crippen molar-refractivity contribution < 1.29 is 0 Å². The van der Waals surface area contributed by atoms with Crippen LogP contribution in [0.1, 0.15) is 41.3 Å². The maximum atomic E-state index is 5.34. The van der Waals surface area contributed by atoms with Gasteiger partial charge in [0.2, 0.25) is 0 Å². The zero-order valence-electron chi connectivity index (χ0n) is 38.7. The summed E-state index contributed by atoms with van der Waals surface area (Å²) < 4.78 is 2.44. The zero-order chi connectivity index (χ0) is 45.9. The fourth-order valence-corrected chi connectivity index (χ4v) is 9.47. The van der Waals surface area contributed by atoms with Crippen molar-refractivity contribution in [2.75, 3.05) is 4.90 Å². The van der Waals surface area contributed by atoms with E-state index in [9.17, 15) is 0 Å². The van der Waals surface area contributed by atoms with Crippen LogP contribution in [0.4, 0.5) is 11.4 Å². The van der Waals surface area contributed by atoms with Crippen molar-refractivity contribution in [3.05, 3.63) is 259 Å². The van der Waals surface area contributed by atoms with Crippen LogP contribution in [-0.2, 0) is 11.8 Å². The number of allylic oxidation sites excluding steroid dienone is 8. The summed E-state index contributed by atoms with van der Waals surface area (Å²) >= 11 is 0. The van der Waals surface area contributed by atoms with E-state index in [4.69, 9.17) is 9.97 Å². The van der Waals surface area contributed by atoms with Crippen molar-refractivity contribution >= 4 is 33.2 Å². The number of aromatic nitrogens is 3. The van der Waals surface area contributed by atoms with Crippen LogP contribution in [0.3, 0.4) is 0 Å². The second-order valence-electron chi connectivity index (χ2n) is 17.9. The number of rotatable bonds is 6. The number of para-hydroxylation sites is 1. The first-order valence-electron chi connectivity index (χ1n) is 23.2. The molecule has 0 saturated carbocycles. The molecule has 9 aromatic rings. The quantitative estimate of drug-likeness (QED) is 0.167. The predicted octanol–water partition coefficient (Wildman–Crippen LogP) is 16.3. The van der Waals surface area contributed by atoms with Crippen LogP contribution in [0.25, 0.3) is 61.3 Å². The van der Waals surface area contributed by atoms with Gasteiger partial charge in [-0.05, 0) is 122 Å². The van der Waals surface area contributed by atoms with Crippen LogP contribution < -0.4 is 4.90 Å². The molecule has 0 spiro atoms. The molecule has 326 valence electrons. The Labute approximate surface area is 395 Å². The first-order chi connectivity index (χ1) is 32.7. The third kappa shape index (κ3) is 8.62. The zero-order valence-corrected chi connectivity index (χ0v) is 38.7. The molecule has 1 aliphatic heterocycles. The lowest BCUT2D eigenvalue weighted by atomic mass is 9.80. The molecule has 2 aromatic heterocycles. The molecule has 0 amide bonds. The minimum absolute atomic E-state index is 0.249. The SMILES string of the molecule is C=C1/C=C\C=C/Cc2cc3c4cc(-c5ccccc5C)c(C)cc4n(-c4cccc(-c5nc(-c6ccccc6)cc(C6(C)C=CC=CC6)n5)c4)c3cc2N1c1ccccc1.Cc1ccccc1. The van der Waals surface area contributed by atoms with Crippen LogP contribution in [-0.4, -0.2) is 14.5 Å². The van der Waals surface area contributed by atoms with Crippen molar-refractivity contribution in [2.45, 2.75) is 46.0 Å². The summed E-state index contributed by atoms with van der Waals surface area (Å²) in [5.41, 5.74) is 17.7. The average Bonchev–Trinajstić information content (AvgIpc) is 3.69. The van der Waals surface area contributed by atoms with Crippen molar-refractivity contribution in [3.8, 4) is 39.5 Å². The lowest BCUT2D eigenvalue weighted by molar-refractivity contribution is 0.578. The van der Waals surface area contributed by atoms with Crippen molar-refractivity contribution in [1.82, 2.24) is 14.5 Å². The number of aryl methyl sites for hydroxylation is 3. The van der Waals surface area contributed by atoms with Crippen LogP contribution in [0.5, 0.6) is 0 Å². The minimum Gasteiger partial charge on any atom is -0.311 e. The van der Waals surface area contributed by atoms with E-state index in [2.05, 4.69) is 238 Å². The predicted molar refractivity (Wildman–Crippen MR) is 283 cm³/mol. The normalized spacial score (nSPS) is 16.4. The van der Waals surface area contributed by atoms with E-state index in [0.717, 1.165) is 69.1 Å². The van der Waals surface area contributed by atoms with Gasteiger partial charge in [-0.1, -0.05) is 177 Å². The second kappa shape index (κ2) is 18.4. The molecule has 67 heavy (non-hydrogen) atoms. The molecule has 1 unspecified atom stereocenters. The Bertz CT molecular complexity index is 3410. The minimum atomic E-state index is -0.249. The Balaban J connectivity index is 0.000000689. The smallest absolute Gasteiger partial charge is 0.160 e. The number of anilines is 2. The Hall–Kier alpha value is -8.08. The fraction of sp³-hybridized carbons (Fsp3) is 0.111. The first kappa shape index (κ1) is 42.8. The van der Waals surface area contributed by atoms with E-state index < -0.39 is 0 Å². The molecule has 1 atom stereocenters. The summed E-state index contributed by atoms with van der Waals surface area (Å²) in [5.74, 6) is 0.711. The monoisotopic (exact) mass is 866 g/mol. The summed E-state index contributed by atoms with van der Waals surface area (Å²) in [6, 6.07) is 60.5. The van der Waals surface area contributed by atoms with Crippen molar-refractivity contribution in [1.29, 1.82) is 0 Å². The molecule has 0 N–H and O–H groups in total. The molecular formula is C63H54N4. The van der Waals surface area contributed by atoms with Crippen LogP contribution in [0.2, 0.25) is 0 Å². The largest absolute Gasteiger partial charge is 0.311 e. The molecule has 1 aliphatic carbocycles. The highest BCUT2D eigenvalue weighted by molar-refractivity contribution is 6.12. The second-order valence-corrected chi connectivity index (χ2v) is 17.9. The van der Waals surface area contributed by atoms with Crippen LogP contribution in [0.15, 0.2) is 231 Å². The number of hydrogen-bond donors (Lipinski definition) is 0. The number of nitrogens with zero attached hydrogens (tertiary/aromatic N) is 4. The van der Waals surface area contributed by atoms with Gasteiger partial charge < -0.3 is 9.47 Å². The van der Waals surface area contributed by atoms with Gasteiger partial charge in [0.1, 0.15) is 0 Å². The molecule has 11 rings (SSSR count). The highest BCUT2D eigenvalue weighted by Gasteiger charge is 2.28. The Kier molecular flexibility index (Phi) is 11.8. The van der Waals surface area contributed by atoms with E-state index in [1.807, 2.05) is 24.3 Å². The molecule has 0 radical (unpaired) electrons. The van der Waals surface area contributed by atoms with Gasteiger partial charge in [-0.3, -0.25) is 0 Å². The molecule has 2 aliphatic rings. The molecule has 7 aromatic carbocycles. The van der Waals surface area contributed by atoms with Gasteiger partial charge in [0, 0.05) is 44.4 Å². The maximum Gasteiger partial charge on any atom is 0.160 e. The Morgan fingerprint density at radius 1 is 0.552 bits per heavy atom. The summed E-state index contributed by atoms with van der Waals surface area (Å²) in [4.78, 5) is 12.9. The number of hydrogen-bond acceptors (Lipinski definition) is 3. The van der Waals surface area contributed by atoms with Gasteiger partial charge in [0.25, 0.3) is 0 Å². The van der Waals surface area contributed by atoms with Gasteiger partial charge in [-0.15, -0.1) is 0 Å². The van der Waals surface area contributed by atoms with Crippen molar-refractivity contribution in [2.24, 2.45) is 0 Å². The first-order valence-corrected chi connectivity index (χ1v) is 23.2. The number of fused-ring (bicyclic) bond motifs is 4. The van der Waals surface area contributed by atoms with Gasteiger partial charge in [0.05, 0.1) is 28.1 Å². The van der Waals surface area contributed by atoms with E-state index in [1.54, 1.807) is 0 Å². The molecule has 0 saturated heterocycles. The number of benzene rings is 7. The standard InChI is InChI=1S/C56H46N4.C7H8/c1-38-20-15-16-29-46(38)47-35-49-48-34-42-24-12-5-9-21-40(3)59(44-26-13-7-14-27-44)51(42)37-53(48)60(52(49)32-39(47)2)45-28-19-25-43(33-45)55-57-50(41-22-10-6-11-23-41)36-54(58-55)56(4)30-17-8-18-31-56;1-7-5-3-2-4-6-7/h5-23,25-30,32-37H,3,24,31H2,1-2,4H3;2-6H,1H3/b12-5-,21-9-;. The molecular weight excluding hydrogens is 813 g/mol. The Morgan fingerprint density at radius 3 is 1.96 bits per heavy atom. The van der Waals surface area contributed by atoms with E-state index in [0.29, 0.717) is 5.82 Å². The molecule has 4 nitrogen and oxygen atoms in total. The highest BCUT2D eigenvalue weighted by Crippen LogP contribution is 2.43. The van der Waals surface area contributed by atoms with Crippen molar-refractivity contribution in [3.63, 3.8) is 0 Å². The molecule has 4 heteroatoms. The van der Waals surface area contributed by atoms with Gasteiger partial charge in [-0.25, -0.2) is 9.97 Å². The van der Waals surface area contributed by atoms with Gasteiger partial charge in [-0.2, -0.15) is 0 Å². The summed E-state index contributed by atoms with van der Waals surface area (Å²) in [6.45, 7) is 13.4. The third-order valence-corrected chi connectivity index (χ3v) is 13.1. The van der Waals surface area contributed by atoms with Crippen LogP contribution in [0, 0.1) is 20.8 Å². The summed E-state index contributed by atoms with van der Waals surface area (Å²) in [5, 5.41) is 2.42. The molecule has 0 bridgehead atoms. The summed E-state index contributed by atoms with van der Waals surface area (Å²) in [6.07, 6.45) is 19.0. The maximum absolute atomic E-state index is 5.34. The van der Waals surface area contributed by atoms with Gasteiger partial charge >= 0.3 is 0 Å². The highest BCUT2D eigenvalue weighted by atomic mass is 15.1. The van der Waals surface area contributed by atoms with E-state index in [-0.39, 0.29) is 5.41 Å². The fourth-order valence-electron chi connectivity index (χ4n) is 9.47. The lowest BCUT2D eigenvalue weighted by Gasteiger charge is -2.28. The lowest BCUT2D eigenvalue weighted by Crippen LogP contribution is -2.22. The van der Waals surface area contributed by atoms with Gasteiger partial charge in [0.15, 0.2) is 5.82 Å². The third-order valence-electron chi connectivity index (χ3n) is 13.1. The van der Waals surface area contributed by atoms with Crippen LogP contribution >= 0.6 is 0 Å². The molecule has 3 heterocycles. The topological polar surface area (TPSA) is 34.0 Å². The Morgan fingerprint density at radius 2 is 1.22 bits per heavy atom.